The van der Waals surface area contributed by atoms with Crippen molar-refractivity contribution in [3.05, 3.63) is 0 Å². The third kappa shape index (κ3) is 9.92. The average Bonchev–Trinajstić information content (AvgIpc) is 2.49. The van der Waals surface area contributed by atoms with Crippen LogP contribution in [0, 0.1) is 0 Å². The molecule has 1 amide bonds. The topological polar surface area (TPSA) is 20.3 Å². The van der Waals surface area contributed by atoms with Gasteiger partial charge in [0.05, 0.1) is 0 Å². The highest BCUT2D eigenvalue weighted by Gasteiger charge is 2.22. The molecule has 1 aliphatic rings. The minimum Gasteiger partial charge on any atom is -0.342 e. The Morgan fingerprint density at radius 1 is 0.714 bits per heavy atom. The summed E-state index contributed by atoms with van der Waals surface area (Å²) in [6.07, 6.45) is 20.4. The lowest BCUT2D eigenvalue weighted by Crippen LogP contribution is -2.43. The van der Waals surface area contributed by atoms with Crippen molar-refractivity contribution < 1.29 is 4.79 Å². The largest absolute Gasteiger partial charge is 0.342 e. The number of rotatable bonds is 15. The van der Waals surface area contributed by atoms with Crippen LogP contribution < -0.4 is 0 Å². The molecule has 0 N–H and O–H groups in total. The van der Waals surface area contributed by atoms with Gasteiger partial charge in [0.1, 0.15) is 0 Å². The molecule has 0 saturated carbocycles. The lowest BCUT2D eigenvalue weighted by Gasteiger charge is -2.30. The van der Waals surface area contributed by atoms with Crippen molar-refractivity contribution in [3.8, 4) is 0 Å². The molecule has 124 valence electrons. The monoisotopic (exact) mass is 295 g/mol. The molecular weight excluding hydrogens is 258 g/mol. The Bertz CT molecular complexity index is 252. The van der Waals surface area contributed by atoms with E-state index in [0.29, 0.717) is 5.91 Å². The smallest absolute Gasteiger partial charge is 0.224 e. The van der Waals surface area contributed by atoms with Gasteiger partial charge in [0.25, 0.3) is 0 Å². The predicted octanol–water partition coefficient (Wildman–Crippen LogP) is 5.70. The van der Waals surface area contributed by atoms with Crippen LogP contribution in [0.2, 0.25) is 0 Å². The quantitative estimate of drug-likeness (QED) is 0.280. The Labute approximate surface area is 132 Å². The van der Waals surface area contributed by atoms with E-state index in [0.717, 1.165) is 19.5 Å². The molecule has 0 aromatic heterocycles. The third-order valence-electron chi connectivity index (χ3n) is 4.73. The molecule has 0 bridgehead atoms. The number of hydrogen-bond donors (Lipinski definition) is 0. The van der Waals surface area contributed by atoms with Crippen LogP contribution in [0.4, 0.5) is 0 Å². The van der Waals surface area contributed by atoms with E-state index in [1.807, 2.05) is 4.90 Å². The van der Waals surface area contributed by atoms with Crippen LogP contribution in [0.15, 0.2) is 0 Å². The number of carbonyl (C=O) groups is 1. The van der Waals surface area contributed by atoms with Gasteiger partial charge in [-0.3, -0.25) is 4.79 Å². The highest BCUT2D eigenvalue weighted by Crippen LogP contribution is 2.14. The van der Waals surface area contributed by atoms with Gasteiger partial charge in [0.2, 0.25) is 5.91 Å². The molecule has 1 rings (SSSR count). The fourth-order valence-electron chi connectivity index (χ4n) is 3.09. The van der Waals surface area contributed by atoms with Crippen molar-refractivity contribution in [1.29, 1.82) is 0 Å². The zero-order valence-corrected chi connectivity index (χ0v) is 14.4. The summed E-state index contributed by atoms with van der Waals surface area (Å²) in [4.78, 5) is 13.1. The van der Waals surface area contributed by atoms with Crippen molar-refractivity contribution in [3.63, 3.8) is 0 Å². The minimum absolute atomic E-state index is 0.365. The summed E-state index contributed by atoms with van der Waals surface area (Å²) in [5.74, 6) is 0.365. The Morgan fingerprint density at radius 3 is 1.48 bits per heavy atom. The number of nitrogens with zero attached hydrogens (tertiary/aromatic N) is 1. The fourth-order valence-corrected chi connectivity index (χ4v) is 3.09. The number of unbranched alkanes of at least 4 members (excludes halogenated alkanes) is 13. The van der Waals surface area contributed by atoms with E-state index >= 15 is 0 Å². The molecule has 0 aliphatic carbocycles. The molecule has 1 fully saturated rings. The van der Waals surface area contributed by atoms with Gasteiger partial charge in [-0.25, -0.2) is 0 Å². The molecule has 1 aliphatic heterocycles. The second-order valence-electron chi connectivity index (χ2n) is 6.73. The molecule has 0 aromatic rings. The van der Waals surface area contributed by atoms with E-state index in [1.54, 1.807) is 0 Å². The normalized spacial score (nSPS) is 14.5. The third-order valence-corrected chi connectivity index (χ3v) is 4.73. The number of carbonyl (C=O) groups excluding carboxylic acids is 1. The molecule has 1 heterocycles. The standard InChI is InChI=1S/C19H37NO/c1-2-3-4-5-6-7-8-9-10-11-12-13-14-15-17-20-18-16-19(20)21/h2-18H2,1H3. The second kappa shape index (κ2) is 13.2. The lowest BCUT2D eigenvalue weighted by molar-refractivity contribution is -0.139. The van der Waals surface area contributed by atoms with E-state index in [-0.39, 0.29) is 0 Å². The van der Waals surface area contributed by atoms with Gasteiger partial charge >= 0.3 is 0 Å². The van der Waals surface area contributed by atoms with Crippen LogP contribution in [0.25, 0.3) is 0 Å². The Hall–Kier alpha value is -0.530. The zero-order chi connectivity index (χ0) is 15.2. The van der Waals surface area contributed by atoms with Crippen molar-refractivity contribution >= 4 is 5.91 Å². The zero-order valence-electron chi connectivity index (χ0n) is 14.4. The van der Waals surface area contributed by atoms with Crippen LogP contribution in [0.5, 0.6) is 0 Å². The maximum Gasteiger partial charge on any atom is 0.224 e. The fraction of sp³-hybridized carbons (Fsp3) is 0.947. The van der Waals surface area contributed by atoms with Gasteiger partial charge in [-0.05, 0) is 6.42 Å². The Morgan fingerprint density at radius 2 is 1.14 bits per heavy atom. The van der Waals surface area contributed by atoms with Crippen molar-refractivity contribution in [2.45, 2.75) is 103 Å². The Balaban J connectivity index is 1.66. The van der Waals surface area contributed by atoms with E-state index in [4.69, 9.17) is 0 Å². The molecule has 0 atom stereocenters. The summed E-state index contributed by atoms with van der Waals surface area (Å²) in [7, 11) is 0. The number of β-lactam (4-membered cyclic amide) rings is 1. The highest BCUT2D eigenvalue weighted by molar-refractivity contribution is 5.81. The van der Waals surface area contributed by atoms with Crippen LogP contribution >= 0.6 is 0 Å². The maximum absolute atomic E-state index is 11.1. The van der Waals surface area contributed by atoms with E-state index in [9.17, 15) is 4.79 Å². The summed E-state index contributed by atoms with van der Waals surface area (Å²) in [5, 5.41) is 0. The van der Waals surface area contributed by atoms with Crippen molar-refractivity contribution in [2.24, 2.45) is 0 Å². The molecule has 1 saturated heterocycles. The van der Waals surface area contributed by atoms with E-state index in [2.05, 4.69) is 6.92 Å². The Kier molecular flexibility index (Phi) is 11.6. The lowest BCUT2D eigenvalue weighted by atomic mass is 10.0. The van der Waals surface area contributed by atoms with Crippen LogP contribution in [-0.2, 0) is 4.79 Å². The predicted molar refractivity (Wildman–Crippen MR) is 91.5 cm³/mol. The van der Waals surface area contributed by atoms with E-state index in [1.165, 1.54) is 89.9 Å². The summed E-state index contributed by atoms with van der Waals surface area (Å²) in [6, 6.07) is 0. The molecule has 0 radical (unpaired) electrons. The van der Waals surface area contributed by atoms with Gasteiger partial charge in [-0.1, -0.05) is 90.4 Å². The van der Waals surface area contributed by atoms with Crippen molar-refractivity contribution in [1.82, 2.24) is 4.90 Å². The van der Waals surface area contributed by atoms with E-state index < -0.39 is 0 Å². The molecule has 0 unspecified atom stereocenters. The number of likely N-dealkylation sites (tertiary alicyclic amines) is 1. The van der Waals surface area contributed by atoms with Gasteiger partial charge in [-0.15, -0.1) is 0 Å². The summed E-state index contributed by atoms with van der Waals surface area (Å²) >= 11 is 0. The van der Waals surface area contributed by atoms with Crippen LogP contribution in [0.3, 0.4) is 0 Å². The summed E-state index contributed by atoms with van der Waals surface area (Å²) in [5.41, 5.74) is 0. The van der Waals surface area contributed by atoms with Crippen LogP contribution in [0.1, 0.15) is 103 Å². The van der Waals surface area contributed by atoms with Crippen LogP contribution in [-0.4, -0.2) is 23.9 Å². The second-order valence-corrected chi connectivity index (χ2v) is 6.73. The molecule has 2 nitrogen and oxygen atoms in total. The highest BCUT2D eigenvalue weighted by atomic mass is 16.2. The first-order chi connectivity index (χ1) is 10.3. The first-order valence-electron chi connectivity index (χ1n) is 9.62. The molecule has 0 spiro atoms. The number of hydrogen-bond acceptors (Lipinski definition) is 1. The molecular formula is C19H37NO. The number of amides is 1. The van der Waals surface area contributed by atoms with Crippen molar-refractivity contribution in [2.75, 3.05) is 13.1 Å². The van der Waals surface area contributed by atoms with Gasteiger partial charge in [0, 0.05) is 19.5 Å². The minimum atomic E-state index is 0.365. The molecule has 0 aromatic carbocycles. The summed E-state index contributed by atoms with van der Waals surface area (Å²) in [6.45, 7) is 4.30. The molecule has 2 heteroatoms. The first kappa shape index (κ1) is 18.5. The first-order valence-corrected chi connectivity index (χ1v) is 9.62. The SMILES string of the molecule is CCCCCCCCCCCCCCCCN1CCC1=O. The molecule has 21 heavy (non-hydrogen) atoms. The van der Waals surface area contributed by atoms with Gasteiger partial charge < -0.3 is 4.90 Å². The van der Waals surface area contributed by atoms with Gasteiger partial charge in [-0.2, -0.15) is 0 Å². The summed E-state index contributed by atoms with van der Waals surface area (Å²) < 4.78 is 0. The maximum atomic E-state index is 11.1. The van der Waals surface area contributed by atoms with Gasteiger partial charge in [0.15, 0.2) is 0 Å². The average molecular weight is 296 g/mol.